The van der Waals surface area contributed by atoms with Gasteiger partial charge in [-0.15, -0.1) is 0 Å². The van der Waals surface area contributed by atoms with Crippen LogP contribution in [0, 0.1) is 13.8 Å². The molecule has 1 N–H and O–H groups in total. The van der Waals surface area contributed by atoms with Gasteiger partial charge in [0.15, 0.2) is 0 Å². The van der Waals surface area contributed by atoms with Crippen LogP contribution in [0.25, 0.3) is 0 Å². The van der Waals surface area contributed by atoms with E-state index in [1.54, 1.807) is 33.9 Å². The summed E-state index contributed by atoms with van der Waals surface area (Å²) in [6.45, 7) is 4.20. The third kappa shape index (κ3) is 3.70. The third-order valence-corrected chi connectivity index (χ3v) is 4.69. The number of anilines is 1. The second-order valence-corrected chi connectivity index (χ2v) is 6.61. The molecule has 1 aromatic carbocycles. The van der Waals surface area contributed by atoms with Gasteiger partial charge in [0.2, 0.25) is 0 Å². The third-order valence-electron chi connectivity index (χ3n) is 3.96. The Hall–Kier alpha value is -2.31. The van der Waals surface area contributed by atoms with Gasteiger partial charge in [-0.1, -0.05) is 29.3 Å². The van der Waals surface area contributed by atoms with Crippen LogP contribution in [0.2, 0.25) is 10.0 Å². The number of nitrogens with one attached hydrogen (secondary N) is 1. The SMILES string of the molecule is Cc1nn(C)c(C)c1C(=O)Nc1cnn(Cc2ccc(Cl)c(Cl)c2)c1. The molecule has 0 unspecified atom stereocenters. The van der Waals surface area contributed by atoms with Gasteiger partial charge in [-0.2, -0.15) is 10.2 Å². The van der Waals surface area contributed by atoms with Crippen LogP contribution in [0.3, 0.4) is 0 Å². The Morgan fingerprint density at radius 2 is 2.00 bits per heavy atom. The molecule has 3 rings (SSSR count). The first-order valence-electron chi connectivity index (χ1n) is 7.63. The van der Waals surface area contributed by atoms with E-state index in [1.165, 1.54) is 0 Å². The molecule has 0 spiro atoms. The zero-order valence-corrected chi connectivity index (χ0v) is 15.6. The van der Waals surface area contributed by atoms with Gasteiger partial charge in [0.05, 0.1) is 39.7 Å². The minimum atomic E-state index is -0.197. The van der Waals surface area contributed by atoms with Crippen LogP contribution in [0.1, 0.15) is 27.3 Å². The smallest absolute Gasteiger partial charge is 0.259 e. The molecule has 6 nitrogen and oxygen atoms in total. The summed E-state index contributed by atoms with van der Waals surface area (Å²) in [5.74, 6) is -0.197. The van der Waals surface area contributed by atoms with E-state index in [0.717, 1.165) is 11.3 Å². The molecule has 1 amide bonds. The Balaban J connectivity index is 1.73. The van der Waals surface area contributed by atoms with Crippen LogP contribution >= 0.6 is 23.2 Å². The lowest BCUT2D eigenvalue weighted by atomic mass is 10.2. The van der Waals surface area contributed by atoms with Crippen LogP contribution < -0.4 is 5.32 Å². The summed E-state index contributed by atoms with van der Waals surface area (Å²) in [7, 11) is 1.81. The molecular weight excluding hydrogens is 361 g/mol. The topological polar surface area (TPSA) is 64.7 Å². The second kappa shape index (κ2) is 6.90. The lowest BCUT2D eigenvalue weighted by molar-refractivity contribution is 0.102. The molecule has 2 aromatic heterocycles. The number of carbonyl (C=O) groups is 1. The Labute approximate surface area is 155 Å². The number of halogens is 2. The highest BCUT2D eigenvalue weighted by atomic mass is 35.5. The lowest BCUT2D eigenvalue weighted by Crippen LogP contribution is -2.13. The summed E-state index contributed by atoms with van der Waals surface area (Å²) < 4.78 is 3.41. The fourth-order valence-electron chi connectivity index (χ4n) is 2.64. The number of benzene rings is 1. The maximum absolute atomic E-state index is 12.5. The fourth-order valence-corrected chi connectivity index (χ4v) is 2.96. The number of aromatic nitrogens is 4. The number of amides is 1. The van der Waals surface area contributed by atoms with E-state index in [-0.39, 0.29) is 5.91 Å². The molecule has 25 heavy (non-hydrogen) atoms. The Morgan fingerprint density at radius 1 is 1.24 bits per heavy atom. The summed E-state index contributed by atoms with van der Waals surface area (Å²) in [6.07, 6.45) is 3.37. The van der Waals surface area contributed by atoms with E-state index in [0.29, 0.717) is 33.5 Å². The maximum Gasteiger partial charge on any atom is 0.259 e. The van der Waals surface area contributed by atoms with E-state index in [9.17, 15) is 4.79 Å². The molecule has 0 aliphatic heterocycles. The fraction of sp³-hybridized carbons (Fsp3) is 0.235. The zero-order chi connectivity index (χ0) is 18.1. The predicted octanol–water partition coefficient (Wildman–Crippen LogP) is 3.84. The molecule has 0 radical (unpaired) electrons. The lowest BCUT2D eigenvalue weighted by Gasteiger charge is -2.04. The van der Waals surface area contributed by atoms with Gasteiger partial charge in [0, 0.05) is 18.9 Å². The van der Waals surface area contributed by atoms with E-state index in [4.69, 9.17) is 23.2 Å². The quantitative estimate of drug-likeness (QED) is 0.750. The molecule has 0 bridgehead atoms. The monoisotopic (exact) mass is 377 g/mol. The summed E-state index contributed by atoms with van der Waals surface area (Å²) in [5, 5.41) is 12.4. The van der Waals surface area contributed by atoms with Gasteiger partial charge < -0.3 is 5.32 Å². The van der Waals surface area contributed by atoms with Crippen molar-refractivity contribution in [1.82, 2.24) is 19.6 Å². The van der Waals surface area contributed by atoms with Crippen LogP contribution in [-0.4, -0.2) is 25.5 Å². The van der Waals surface area contributed by atoms with Gasteiger partial charge in [0.25, 0.3) is 5.91 Å². The first-order chi connectivity index (χ1) is 11.8. The average Bonchev–Trinajstić information content (AvgIpc) is 3.07. The molecule has 0 saturated carbocycles. The van der Waals surface area contributed by atoms with Crippen molar-refractivity contribution in [3.8, 4) is 0 Å². The van der Waals surface area contributed by atoms with Crippen LogP contribution in [0.4, 0.5) is 5.69 Å². The van der Waals surface area contributed by atoms with Crippen molar-refractivity contribution in [2.45, 2.75) is 20.4 Å². The number of carbonyl (C=O) groups excluding carboxylic acids is 1. The largest absolute Gasteiger partial charge is 0.319 e. The van der Waals surface area contributed by atoms with Crippen molar-refractivity contribution in [3.05, 3.63) is 63.2 Å². The Bertz CT molecular complexity index is 945. The first kappa shape index (κ1) is 17.5. The van der Waals surface area contributed by atoms with Gasteiger partial charge >= 0.3 is 0 Å². The number of hydrogen-bond acceptors (Lipinski definition) is 3. The number of aryl methyl sites for hydroxylation is 2. The molecule has 8 heteroatoms. The second-order valence-electron chi connectivity index (χ2n) is 5.80. The van der Waals surface area contributed by atoms with E-state index < -0.39 is 0 Å². The molecule has 0 fully saturated rings. The average molecular weight is 378 g/mol. The molecular formula is C17H17Cl2N5O. The van der Waals surface area contributed by atoms with Crippen molar-refractivity contribution < 1.29 is 4.79 Å². The summed E-state index contributed by atoms with van der Waals surface area (Å²) >= 11 is 11.9. The number of rotatable bonds is 4. The minimum absolute atomic E-state index is 0.197. The summed E-state index contributed by atoms with van der Waals surface area (Å²) in [6, 6.07) is 5.43. The van der Waals surface area contributed by atoms with Gasteiger partial charge in [-0.25, -0.2) is 0 Å². The summed E-state index contributed by atoms with van der Waals surface area (Å²) in [4.78, 5) is 12.5. The molecule has 0 aliphatic rings. The Morgan fingerprint density at radius 3 is 2.64 bits per heavy atom. The molecule has 0 aliphatic carbocycles. The highest BCUT2D eigenvalue weighted by Crippen LogP contribution is 2.23. The van der Waals surface area contributed by atoms with E-state index >= 15 is 0 Å². The highest BCUT2D eigenvalue weighted by Gasteiger charge is 2.17. The van der Waals surface area contributed by atoms with Crippen molar-refractivity contribution >= 4 is 34.8 Å². The van der Waals surface area contributed by atoms with Gasteiger partial charge in [-0.3, -0.25) is 14.2 Å². The predicted molar refractivity (Wildman–Crippen MR) is 98.4 cm³/mol. The van der Waals surface area contributed by atoms with Crippen molar-refractivity contribution in [2.75, 3.05) is 5.32 Å². The van der Waals surface area contributed by atoms with Crippen molar-refractivity contribution in [1.29, 1.82) is 0 Å². The Kier molecular flexibility index (Phi) is 4.83. The van der Waals surface area contributed by atoms with E-state index in [1.807, 2.05) is 27.0 Å². The minimum Gasteiger partial charge on any atom is -0.319 e. The highest BCUT2D eigenvalue weighted by molar-refractivity contribution is 6.42. The first-order valence-corrected chi connectivity index (χ1v) is 8.38. The van der Waals surface area contributed by atoms with Crippen LogP contribution in [0.15, 0.2) is 30.6 Å². The summed E-state index contributed by atoms with van der Waals surface area (Å²) in [5.41, 5.74) is 3.68. The van der Waals surface area contributed by atoms with E-state index in [2.05, 4.69) is 15.5 Å². The molecule has 0 atom stereocenters. The normalized spacial score (nSPS) is 10.9. The van der Waals surface area contributed by atoms with Gasteiger partial charge in [0.1, 0.15) is 0 Å². The maximum atomic E-state index is 12.5. The zero-order valence-electron chi connectivity index (χ0n) is 14.0. The van der Waals surface area contributed by atoms with Crippen molar-refractivity contribution in [3.63, 3.8) is 0 Å². The number of hydrogen-bond donors (Lipinski definition) is 1. The van der Waals surface area contributed by atoms with Crippen molar-refractivity contribution in [2.24, 2.45) is 7.05 Å². The molecule has 0 saturated heterocycles. The molecule has 2 heterocycles. The van der Waals surface area contributed by atoms with Gasteiger partial charge in [-0.05, 0) is 31.5 Å². The number of nitrogens with zero attached hydrogens (tertiary/aromatic N) is 4. The van der Waals surface area contributed by atoms with Crippen LogP contribution in [-0.2, 0) is 13.6 Å². The molecule has 130 valence electrons. The molecule has 3 aromatic rings. The standard InChI is InChI=1S/C17H17Cl2N5O/c1-10-16(11(2)23(3)22-10)17(25)21-13-7-20-24(9-13)8-12-4-5-14(18)15(19)6-12/h4-7,9H,8H2,1-3H3,(H,21,25). The van der Waals surface area contributed by atoms with Crippen LogP contribution in [0.5, 0.6) is 0 Å².